The molecule has 2 N–H and O–H groups in total. The number of rotatable bonds is 5. The van der Waals surface area contributed by atoms with Crippen LogP contribution in [-0.4, -0.2) is 31.4 Å². The Kier molecular flexibility index (Phi) is 4.66. The number of carbonyl (C=O) groups is 1. The third-order valence-corrected chi connectivity index (χ3v) is 4.56. The largest absolute Gasteiger partial charge is 0.483 e. The molecule has 0 bridgehead atoms. The van der Waals surface area contributed by atoms with Crippen molar-refractivity contribution in [3.8, 4) is 5.75 Å². The lowest BCUT2D eigenvalue weighted by Gasteiger charge is -2.28. The number of hydrogen-bond donors (Lipinski definition) is 1. The molecular weight excluding hydrogens is 331 g/mol. The molecule has 8 nitrogen and oxygen atoms in total. The second kappa shape index (κ2) is 6.20. The molecule has 0 aliphatic heterocycles. The molecule has 0 saturated heterocycles. The molecule has 23 heavy (non-hydrogen) atoms. The van der Waals surface area contributed by atoms with Crippen LogP contribution in [0.4, 0.5) is 10.1 Å². The molecule has 1 aliphatic carbocycles. The highest BCUT2D eigenvalue weighted by atomic mass is 32.2. The minimum atomic E-state index is -4.10. The van der Waals surface area contributed by atoms with Crippen LogP contribution in [0.2, 0.25) is 0 Å². The van der Waals surface area contributed by atoms with Gasteiger partial charge in [0, 0.05) is 18.9 Å². The molecule has 10 heteroatoms. The number of halogens is 1. The third kappa shape index (κ3) is 4.23. The van der Waals surface area contributed by atoms with E-state index in [1.165, 1.54) is 0 Å². The summed E-state index contributed by atoms with van der Waals surface area (Å²) in [5, 5.41) is 15.9. The van der Waals surface area contributed by atoms with Gasteiger partial charge in [-0.1, -0.05) is 0 Å². The molecule has 2 rings (SSSR count). The fourth-order valence-electron chi connectivity index (χ4n) is 2.27. The van der Waals surface area contributed by atoms with Gasteiger partial charge in [0.2, 0.25) is 10.0 Å². The minimum Gasteiger partial charge on any atom is -0.483 e. The van der Waals surface area contributed by atoms with Gasteiger partial charge in [-0.2, -0.15) is 0 Å². The van der Waals surface area contributed by atoms with Crippen LogP contribution in [0.25, 0.3) is 0 Å². The van der Waals surface area contributed by atoms with Gasteiger partial charge < -0.3 is 4.74 Å². The number of nitro benzene ring substituents is 1. The Morgan fingerprint density at radius 3 is 2.48 bits per heavy atom. The van der Waals surface area contributed by atoms with Crippen LogP contribution >= 0.6 is 0 Å². The maximum Gasteiger partial charge on any atom is 0.312 e. The zero-order valence-electron chi connectivity index (χ0n) is 12.0. The van der Waals surface area contributed by atoms with Gasteiger partial charge in [0.15, 0.2) is 5.75 Å². The summed E-state index contributed by atoms with van der Waals surface area (Å²) in [7, 11) is -4.10. The molecule has 0 amide bonds. The van der Waals surface area contributed by atoms with Crippen molar-refractivity contribution >= 4 is 21.5 Å². The summed E-state index contributed by atoms with van der Waals surface area (Å²) in [6, 6.07) is 2.88. The lowest BCUT2D eigenvalue weighted by atomic mass is 9.86. The average Bonchev–Trinajstić information content (AvgIpc) is 2.47. The molecule has 1 fully saturated rings. The van der Waals surface area contributed by atoms with Crippen LogP contribution < -0.4 is 9.88 Å². The van der Waals surface area contributed by atoms with Crippen LogP contribution in [0.1, 0.15) is 25.7 Å². The smallest absolute Gasteiger partial charge is 0.312 e. The van der Waals surface area contributed by atoms with Crippen molar-refractivity contribution in [2.45, 2.75) is 36.2 Å². The second-order valence-electron chi connectivity index (χ2n) is 5.41. The van der Waals surface area contributed by atoms with E-state index in [1.54, 1.807) is 0 Å². The van der Waals surface area contributed by atoms with Crippen molar-refractivity contribution in [3.05, 3.63) is 28.3 Å². The first kappa shape index (κ1) is 17.3. The molecule has 1 saturated carbocycles. The number of hydrogen-bond acceptors (Lipinski definition) is 6. The van der Waals surface area contributed by atoms with Crippen molar-refractivity contribution < 1.29 is 27.3 Å². The van der Waals surface area contributed by atoms with Crippen molar-refractivity contribution in [2.75, 3.05) is 6.61 Å². The molecule has 0 atom stereocenters. The van der Waals surface area contributed by atoms with Crippen molar-refractivity contribution in [3.63, 3.8) is 0 Å². The first-order valence-electron chi connectivity index (χ1n) is 6.75. The highest BCUT2D eigenvalue weighted by molar-refractivity contribution is 7.89. The predicted octanol–water partition coefficient (Wildman–Crippen LogP) is 1.47. The molecular formula is C13H15FN2O6S. The Bertz CT molecular complexity index is 739. The molecule has 1 aliphatic rings. The van der Waals surface area contributed by atoms with E-state index in [4.69, 9.17) is 9.88 Å². The molecule has 0 spiro atoms. The lowest BCUT2D eigenvalue weighted by molar-refractivity contribution is -0.386. The molecule has 1 aromatic rings. The van der Waals surface area contributed by atoms with Gasteiger partial charge in [0.05, 0.1) is 9.82 Å². The standard InChI is InChI=1S/C13H15FN2O6S/c14-13(5-3-9(17)4-6-13)8-22-12-2-1-10(23(15,20)21)7-11(12)16(18)19/h1-2,7H,3-6,8H2,(H2,15,20,21). The summed E-state index contributed by atoms with van der Waals surface area (Å²) in [4.78, 5) is 20.9. The maximum absolute atomic E-state index is 14.5. The summed E-state index contributed by atoms with van der Waals surface area (Å²) >= 11 is 0. The summed E-state index contributed by atoms with van der Waals surface area (Å²) < 4.78 is 42.1. The Morgan fingerprint density at radius 1 is 1.35 bits per heavy atom. The monoisotopic (exact) mass is 346 g/mol. The summed E-state index contributed by atoms with van der Waals surface area (Å²) in [5.74, 6) is -0.280. The van der Waals surface area contributed by atoms with E-state index in [9.17, 15) is 27.7 Å². The topological polar surface area (TPSA) is 130 Å². The van der Waals surface area contributed by atoms with Crippen LogP contribution in [0.15, 0.2) is 23.1 Å². The number of sulfonamides is 1. The quantitative estimate of drug-likeness (QED) is 0.635. The summed E-state index contributed by atoms with van der Waals surface area (Å²) in [6.45, 7) is -0.449. The van der Waals surface area contributed by atoms with E-state index in [2.05, 4.69) is 0 Å². The number of benzene rings is 1. The third-order valence-electron chi connectivity index (χ3n) is 3.65. The van der Waals surface area contributed by atoms with E-state index in [1.807, 2.05) is 0 Å². The van der Waals surface area contributed by atoms with E-state index in [0.29, 0.717) is 0 Å². The maximum atomic E-state index is 14.5. The molecule has 0 heterocycles. The molecule has 0 unspecified atom stereocenters. The number of nitrogens with two attached hydrogens (primary N) is 1. The van der Waals surface area contributed by atoms with Crippen LogP contribution in [0.3, 0.4) is 0 Å². The SMILES string of the molecule is NS(=O)(=O)c1ccc(OCC2(F)CCC(=O)CC2)c([N+](=O)[O-])c1. The number of ether oxygens (including phenoxy) is 1. The van der Waals surface area contributed by atoms with E-state index >= 15 is 0 Å². The Hall–Kier alpha value is -2.07. The number of nitro groups is 1. The van der Waals surface area contributed by atoms with E-state index in [0.717, 1.165) is 18.2 Å². The van der Waals surface area contributed by atoms with Gasteiger partial charge >= 0.3 is 5.69 Å². The molecule has 0 aromatic heterocycles. The number of Topliss-reactive ketones (excluding diaryl/α,β-unsaturated/α-hetero) is 1. The number of carbonyl (C=O) groups excluding carboxylic acids is 1. The minimum absolute atomic E-state index is 0.00507. The first-order chi connectivity index (χ1) is 10.6. The number of primary sulfonamides is 1. The lowest BCUT2D eigenvalue weighted by Crippen LogP contribution is -2.35. The highest BCUT2D eigenvalue weighted by Crippen LogP contribution is 2.34. The van der Waals surface area contributed by atoms with Crippen molar-refractivity contribution in [1.82, 2.24) is 0 Å². The predicted molar refractivity (Wildman–Crippen MR) is 77.3 cm³/mol. The fourth-order valence-corrected chi connectivity index (χ4v) is 2.80. The van der Waals surface area contributed by atoms with Crippen LogP contribution in [0, 0.1) is 10.1 Å². The summed E-state index contributed by atoms with van der Waals surface area (Å²) in [6.07, 6.45) is 0.197. The molecule has 126 valence electrons. The van der Waals surface area contributed by atoms with Crippen LogP contribution in [-0.2, 0) is 14.8 Å². The first-order valence-corrected chi connectivity index (χ1v) is 8.30. The van der Waals surface area contributed by atoms with Gasteiger partial charge in [-0.05, 0) is 25.0 Å². The van der Waals surface area contributed by atoms with Gasteiger partial charge in [0.25, 0.3) is 0 Å². The normalized spacial score (nSPS) is 17.7. The molecule has 0 radical (unpaired) electrons. The highest BCUT2D eigenvalue weighted by Gasteiger charge is 2.36. The molecule has 1 aromatic carbocycles. The van der Waals surface area contributed by atoms with Crippen LogP contribution in [0.5, 0.6) is 5.75 Å². The number of ketones is 1. The van der Waals surface area contributed by atoms with E-state index in [-0.39, 0.29) is 37.2 Å². The number of alkyl halides is 1. The zero-order valence-corrected chi connectivity index (χ0v) is 12.8. The Morgan fingerprint density at radius 2 is 1.96 bits per heavy atom. The van der Waals surface area contributed by atoms with E-state index < -0.39 is 37.8 Å². The average molecular weight is 346 g/mol. The van der Waals surface area contributed by atoms with Gasteiger partial charge in [0.1, 0.15) is 18.1 Å². The fraction of sp³-hybridized carbons (Fsp3) is 0.462. The second-order valence-corrected chi connectivity index (χ2v) is 6.97. The van der Waals surface area contributed by atoms with Crippen molar-refractivity contribution in [1.29, 1.82) is 0 Å². The number of nitrogens with zero attached hydrogens (tertiary/aromatic N) is 1. The van der Waals surface area contributed by atoms with Gasteiger partial charge in [-0.25, -0.2) is 17.9 Å². The Labute approximate surface area is 131 Å². The Balaban J connectivity index is 2.19. The van der Waals surface area contributed by atoms with Gasteiger partial charge in [-0.3, -0.25) is 14.9 Å². The zero-order chi connectivity index (χ0) is 17.3. The van der Waals surface area contributed by atoms with Gasteiger partial charge in [-0.15, -0.1) is 0 Å². The summed E-state index contributed by atoms with van der Waals surface area (Å²) in [5.41, 5.74) is -2.35. The van der Waals surface area contributed by atoms with Crippen molar-refractivity contribution in [2.24, 2.45) is 5.14 Å².